The highest BCUT2D eigenvalue weighted by Crippen LogP contribution is 1.97. The molecule has 1 N–H and O–H groups in total. The van der Waals surface area contributed by atoms with Gasteiger partial charge in [0.2, 0.25) is 0 Å². The van der Waals surface area contributed by atoms with E-state index >= 15 is 0 Å². The van der Waals surface area contributed by atoms with Crippen molar-refractivity contribution in [3.8, 4) is 0 Å². The lowest BCUT2D eigenvalue weighted by Gasteiger charge is -1.96. The van der Waals surface area contributed by atoms with Crippen LogP contribution in [0.25, 0.3) is 6.08 Å². The normalized spacial score (nSPS) is 8.44. The zero-order valence-electron chi connectivity index (χ0n) is 10.0. The minimum Gasteiger partial charge on any atom is -0.481 e. The molecule has 18 heavy (non-hydrogen) atoms. The molecular formula is C14H16O4. The van der Waals surface area contributed by atoms with Gasteiger partial charge in [-0.25, -0.2) is 4.79 Å². The SMILES string of the molecule is C=CC(=O)OCCC(=O)O.C=Cc1ccccc1. The lowest BCUT2D eigenvalue weighted by Crippen LogP contribution is -2.06. The van der Waals surface area contributed by atoms with Crippen LogP contribution < -0.4 is 0 Å². The summed E-state index contributed by atoms with van der Waals surface area (Å²) in [5.41, 5.74) is 1.17. The Labute approximate surface area is 106 Å². The summed E-state index contributed by atoms with van der Waals surface area (Å²) >= 11 is 0. The molecule has 4 heteroatoms. The number of carboxylic acids is 1. The summed E-state index contributed by atoms with van der Waals surface area (Å²) in [7, 11) is 0. The molecular weight excluding hydrogens is 232 g/mol. The Kier molecular flexibility index (Phi) is 8.55. The van der Waals surface area contributed by atoms with Crippen molar-refractivity contribution >= 4 is 18.0 Å². The highest BCUT2D eigenvalue weighted by atomic mass is 16.5. The molecule has 0 atom stereocenters. The third-order valence-corrected chi connectivity index (χ3v) is 1.76. The molecule has 0 heterocycles. The molecule has 1 aromatic rings. The largest absolute Gasteiger partial charge is 0.481 e. The molecule has 0 amide bonds. The zero-order chi connectivity index (χ0) is 13.8. The van der Waals surface area contributed by atoms with Crippen LogP contribution in [0.3, 0.4) is 0 Å². The van der Waals surface area contributed by atoms with Gasteiger partial charge in [0.15, 0.2) is 0 Å². The van der Waals surface area contributed by atoms with Gasteiger partial charge in [-0.05, 0) is 5.56 Å². The van der Waals surface area contributed by atoms with E-state index < -0.39 is 11.9 Å². The number of esters is 1. The van der Waals surface area contributed by atoms with Gasteiger partial charge in [0.1, 0.15) is 6.61 Å². The number of aliphatic carboxylic acids is 1. The van der Waals surface area contributed by atoms with Gasteiger partial charge in [-0.15, -0.1) is 0 Å². The fourth-order valence-electron chi connectivity index (χ4n) is 0.887. The van der Waals surface area contributed by atoms with Crippen molar-refractivity contribution in [2.45, 2.75) is 6.42 Å². The summed E-state index contributed by atoms with van der Waals surface area (Å²) in [6.45, 7) is 6.67. The van der Waals surface area contributed by atoms with Gasteiger partial charge in [-0.3, -0.25) is 4.79 Å². The summed E-state index contributed by atoms with van der Waals surface area (Å²) in [5.74, 6) is -1.59. The Morgan fingerprint density at radius 1 is 1.22 bits per heavy atom. The van der Waals surface area contributed by atoms with Crippen molar-refractivity contribution < 1.29 is 19.4 Å². The highest BCUT2D eigenvalue weighted by Gasteiger charge is 1.98. The number of rotatable bonds is 5. The third kappa shape index (κ3) is 8.91. The van der Waals surface area contributed by atoms with Gasteiger partial charge >= 0.3 is 11.9 Å². The Balaban J connectivity index is 0.000000327. The van der Waals surface area contributed by atoms with E-state index in [2.05, 4.69) is 17.9 Å². The second-order valence-electron chi connectivity index (χ2n) is 3.13. The van der Waals surface area contributed by atoms with Gasteiger partial charge in [0.05, 0.1) is 6.42 Å². The van der Waals surface area contributed by atoms with Crippen molar-refractivity contribution in [2.75, 3.05) is 6.61 Å². The summed E-state index contributed by atoms with van der Waals surface area (Å²) < 4.78 is 4.36. The fourth-order valence-corrected chi connectivity index (χ4v) is 0.887. The first kappa shape index (κ1) is 15.6. The average molecular weight is 248 g/mol. The van der Waals surface area contributed by atoms with Crippen molar-refractivity contribution in [2.24, 2.45) is 0 Å². The molecule has 0 bridgehead atoms. The molecule has 0 aliphatic carbocycles. The topological polar surface area (TPSA) is 63.6 Å². The van der Waals surface area contributed by atoms with Crippen LogP contribution in [-0.4, -0.2) is 23.7 Å². The smallest absolute Gasteiger partial charge is 0.330 e. The van der Waals surface area contributed by atoms with Crippen LogP contribution in [0.5, 0.6) is 0 Å². The zero-order valence-corrected chi connectivity index (χ0v) is 10.0. The van der Waals surface area contributed by atoms with Crippen molar-refractivity contribution in [3.63, 3.8) is 0 Å². The molecule has 0 saturated carbocycles. The monoisotopic (exact) mass is 248 g/mol. The van der Waals surface area contributed by atoms with Crippen LogP contribution in [0, 0.1) is 0 Å². The van der Waals surface area contributed by atoms with E-state index in [0.717, 1.165) is 6.08 Å². The fraction of sp³-hybridized carbons (Fsp3) is 0.143. The maximum atomic E-state index is 10.3. The molecule has 1 rings (SSSR count). The second kappa shape index (κ2) is 9.84. The Morgan fingerprint density at radius 2 is 1.83 bits per heavy atom. The molecule has 4 nitrogen and oxygen atoms in total. The summed E-state index contributed by atoms with van der Waals surface area (Å²) in [6, 6.07) is 10.0. The Morgan fingerprint density at radius 3 is 2.22 bits per heavy atom. The van der Waals surface area contributed by atoms with E-state index in [1.165, 1.54) is 5.56 Å². The van der Waals surface area contributed by atoms with Crippen molar-refractivity contribution in [1.82, 2.24) is 0 Å². The lowest BCUT2D eigenvalue weighted by molar-refractivity contribution is -0.142. The van der Waals surface area contributed by atoms with E-state index in [1.807, 2.05) is 36.4 Å². The number of hydrogen-bond donors (Lipinski definition) is 1. The minimum atomic E-state index is -0.989. The molecule has 1 aromatic carbocycles. The molecule has 0 aliphatic heterocycles. The van der Waals surface area contributed by atoms with Crippen LogP contribution in [0.1, 0.15) is 12.0 Å². The Hall–Kier alpha value is -2.36. The van der Waals surface area contributed by atoms with E-state index in [9.17, 15) is 9.59 Å². The molecule has 0 spiro atoms. The number of carbonyl (C=O) groups is 2. The van der Waals surface area contributed by atoms with Crippen LogP contribution in [0.2, 0.25) is 0 Å². The number of benzene rings is 1. The van der Waals surface area contributed by atoms with Gasteiger partial charge < -0.3 is 9.84 Å². The molecule has 0 aliphatic rings. The van der Waals surface area contributed by atoms with Crippen molar-refractivity contribution in [1.29, 1.82) is 0 Å². The standard InChI is InChI=1S/C8H8.C6H8O4/c1-2-8-6-4-3-5-7-8;1-2-6(9)10-4-3-5(7)8/h2-7H,1H2;2H,1,3-4H2,(H,7,8). The maximum absolute atomic E-state index is 10.3. The predicted octanol–water partition coefficient (Wildman–Crippen LogP) is 2.52. The molecule has 0 unspecified atom stereocenters. The number of hydrogen-bond acceptors (Lipinski definition) is 3. The van der Waals surface area contributed by atoms with E-state index in [0.29, 0.717) is 0 Å². The second-order valence-corrected chi connectivity index (χ2v) is 3.13. The van der Waals surface area contributed by atoms with Gasteiger partial charge in [0, 0.05) is 6.08 Å². The van der Waals surface area contributed by atoms with Crippen LogP contribution >= 0.6 is 0 Å². The molecule has 0 radical (unpaired) electrons. The van der Waals surface area contributed by atoms with Crippen LogP contribution in [0.4, 0.5) is 0 Å². The van der Waals surface area contributed by atoms with Gasteiger partial charge in [-0.1, -0.05) is 49.6 Å². The molecule has 0 saturated heterocycles. The van der Waals surface area contributed by atoms with E-state index in [-0.39, 0.29) is 13.0 Å². The predicted molar refractivity (Wildman–Crippen MR) is 69.9 cm³/mol. The summed E-state index contributed by atoms with van der Waals surface area (Å²) in [6.07, 6.45) is 2.65. The van der Waals surface area contributed by atoms with E-state index in [4.69, 9.17) is 5.11 Å². The number of carbonyl (C=O) groups excluding carboxylic acids is 1. The molecule has 96 valence electrons. The van der Waals surface area contributed by atoms with Crippen LogP contribution in [-0.2, 0) is 14.3 Å². The highest BCUT2D eigenvalue weighted by molar-refractivity contribution is 5.81. The molecule has 0 aromatic heterocycles. The maximum Gasteiger partial charge on any atom is 0.330 e. The third-order valence-electron chi connectivity index (χ3n) is 1.76. The number of carboxylic acid groups (broad SMARTS) is 1. The van der Waals surface area contributed by atoms with Crippen molar-refractivity contribution in [3.05, 3.63) is 55.1 Å². The first-order valence-electron chi connectivity index (χ1n) is 5.28. The van der Waals surface area contributed by atoms with E-state index in [1.54, 1.807) is 0 Å². The summed E-state index contributed by atoms with van der Waals surface area (Å²) in [4.78, 5) is 20.1. The first-order valence-corrected chi connectivity index (χ1v) is 5.28. The first-order chi connectivity index (χ1) is 8.60. The minimum absolute atomic E-state index is 0.0970. The average Bonchev–Trinajstić information content (AvgIpc) is 2.39. The van der Waals surface area contributed by atoms with Gasteiger partial charge in [0.25, 0.3) is 0 Å². The number of ether oxygens (including phenoxy) is 1. The molecule has 0 fully saturated rings. The van der Waals surface area contributed by atoms with Crippen LogP contribution in [0.15, 0.2) is 49.6 Å². The summed E-state index contributed by atoms with van der Waals surface area (Å²) in [5, 5.41) is 8.08. The quantitative estimate of drug-likeness (QED) is 0.642. The Bertz CT molecular complexity index is 396. The van der Waals surface area contributed by atoms with Gasteiger partial charge in [-0.2, -0.15) is 0 Å². The lowest BCUT2D eigenvalue weighted by atomic mass is 10.2.